The van der Waals surface area contributed by atoms with Crippen LogP contribution in [0, 0.1) is 11.2 Å². The molecule has 0 spiro atoms. The first-order valence-electron chi connectivity index (χ1n) is 14.2. The highest BCUT2D eigenvalue weighted by Gasteiger charge is 2.52. The standard InChI is InChI=1S/C30H29F4N7O3S/c1-18(2)41(45(43,44)27-17-36-39(3)38-27)24-8-4-20-12-26-19(15-37-40(26)23-9-6-22(31)7-10-23)13-29(20,14-24)28(42)25-11-5-21(16-35-25)30(32,33)34/h5-7,9-12,15-18,24H,4,8,13-14H2,1-3H3/t24-,29-/m0/s1. The maximum absolute atomic E-state index is 14.5. The Morgan fingerprint density at radius 3 is 2.40 bits per heavy atom. The number of rotatable bonds is 7. The summed E-state index contributed by atoms with van der Waals surface area (Å²) < 4.78 is 84.2. The Kier molecular flexibility index (Phi) is 7.51. The molecule has 3 aromatic heterocycles. The van der Waals surface area contributed by atoms with Gasteiger partial charge in [0.2, 0.25) is 5.03 Å². The third-order valence-electron chi connectivity index (χ3n) is 8.45. The normalized spacial score (nSPS) is 20.2. The van der Waals surface area contributed by atoms with E-state index in [1.807, 2.05) is 6.08 Å². The number of carbonyl (C=O) groups excluding carboxylic acids is 1. The number of fused-ring (bicyclic) bond motifs is 2. The van der Waals surface area contributed by atoms with Crippen molar-refractivity contribution in [3.63, 3.8) is 0 Å². The molecule has 0 unspecified atom stereocenters. The van der Waals surface area contributed by atoms with Gasteiger partial charge in [0.1, 0.15) is 11.5 Å². The number of alkyl halides is 3. The van der Waals surface area contributed by atoms with Gasteiger partial charge < -0.3 is 0 Å². The summed E-state index contributed by atoms with van der Waals surface area (Å²) in [5, 5.41) is 12.2. The lowest BCUT2D eigenvalue weighted by Gasteiger charge is -2.47. The van der Waals surface area contributed by atoms with Crippen molar-refractivity contribution in [2.75, 3.05) is 0 Å². The average molecular weight is 644 g/mol. The van der Waals surface area contributed by atoms with Crippen LogP contribution in [0.5, 0.6) is 0 Å². The second kappa shape index (κ2) is 11.0. The summed E-state index contributed by atoms with van der Waals surface area (Å²) >= 11 is 0. The Bertz CT molecular complexity index is 1900. The number of ketones is 1. The van der Waals surface area contributed by atoms with Gasteiger partial charge in [0, 0.05) is 25.3 Å². The molecule has 3 heterocycles. The van der Waals surface area contributed by atoms with Crippen LogP contribution in [-0.2, 0) is 29.7 Å². The van der Waals surface area contributed by atoms with Gasteiger partial charge in [-0.15, -0.1) is 5.10 Å². The fraction of sp³-hybridized carbons (Fsp3) is 0.367. The molecule has 15 heteroatoms. The van der Waals surface area contributed by atoms with E-state index in [1.54, 1.807) is 36.9 Å². The topological polar surface area (TPSA) is 116 Å². The summed E-state index contributed by atoms with van der Waals surface area (Å²) in [4.78, 5) is 19.5. The largest absolute Gasteiger partial charge is 0.417 e. The number of sulfonamides is 1. The lowest BCUT2D eigenvalue weighted by Crippen LogP contribution is -2.52. The highest BCUT2D eigenvalue weighted by molar-refractivity contribution is 7.89. The highest BCUT2D eigenvalue weighted by Crippen LogP contribution is 2.51. The third kappa shape index (κ3) is 5.37. The Labute approximate surface area is 256 Å². The van der Waals surface area contributed by atoms with Gasteiger partial charge in [0.25, 0.3) is 10.0 Å². The van der Waals surface area contributed by atoms with Crippen LogP contribution < -0.4 is 0 Å². The number of nitrogens with zero attached hydrogens (tertiary/aromatic N) is 7. The molecule has 2 atom stereocenters. The van der Waals surface area contributed by atoms with E-state index >= 15 is 0 Å². The van der Waals surface area contributed by atoms with Crippen LogP contribution in [0.25, 0.3) is 11.8 Å². The summed E-state index contributed by atoms with van der Waals surface area (Å²) in [5.41, 5.74) is 0.210. The lowest BCUT2D eigenvalue weighted by atomic mass is 9.60. The Hall–Kier alpha value is -4.24. The van der Waals surface area contributed by atoms with Crippen molar-refractivity contribution in [2.24, 2.45) is 12.5 Å². The molecule has 4 aromatic rings. The van der Waals surface area contributed by atoms with Gasteiger partial charge in [-0.05, 0) is 87.6 Å². The van der Waals surface area contributed by atoms with Crippen LogP contribution in [0.2, 0.25) is 0 Å². The van der Waals surface area contributed by atoms with Crippen molar-refractivity contribution >= 4 is 21.9 Å². The van der Waals surface area contributed by atoms with E-state index in [2.05, 4.69) is 20.3 Å². The van der Waals surface area contributed by atoms with E-state index in [0.29, 0.717) is 41.6 Å². The number of benzene rings is 1. The first-order valence-corrected chi connectivity index (χ1v) is 15.7. The molecule has 45 heavy (non-hydrogen) atoms. The average Bonchev–Trinajstić information content (AvgIpc) is 3.61. The van der Waals surface area contributed by atoms with Gasteiger partial charge >= 0.3 is 6.18 Å². The molecule has 0 bridgehead atoms. The maximum atomic E-state index is 14.5. The zero-order chi connectivity index (χ0) is 32.3. The van der Waals surface area contributed by atoms with Gasteiger partial charge in [-0.25, -0.2) is 17.5 Å². The SMILES string of the molecule is CC(C)N([C@H]1CCC2=Cc3c(cnn3-c3ccc(F)cc3)C[C@]2(C(=O)c2ccc(C(F)(F)F)cn2)C1)S(=O)(=O)c1cnn(C)n1. The fourth-order valence-corrected chi connectivity index (χ4v) is 8.22. The predicted molar refractivity (Wildman–Crippen MR) is 154 cm³/mol. The van der Waals surface area contributed by atoms with E-state index in [1.165, 1.54) is 29.7 Å². The fourth-order valence-electron chi connectivity index (χ4n) is 6.48. The summed E-state index contributed by atoms with van der Waals surface area (Å²) in [6, 6.07) is 6.50. The Morgan fingerprint density at radius 2 is 1.80 bits per heavy atom. The second-order valence-corrected chi connectivity index (χ2v) is 13.4. The molecule has 1 saturated carbocycles. The predicted octanol–water partition coefficient (Wildman–Crippen LogP) is 5.01. The molecule has 1 fully saturated rings. The van der Waals surface area contributed by atoms with Gasteiger partial charge in [0.15, 0.2) is 5.78 Å². The number of carbonyl (C=O) groups is 1. The van der Waals surface area contributed by atoms with Gasteiger partial charge in [-0.1, -0.05) is 5.57 Å². The molecule has 1 aromatic carbocycles. The molecular weight excluding hydrogens is 614 g/mol. The quantitative estimate of drug-likeness (QED) is 0.205. The van der Waals surface area contributed by atoms with Crippen LogP contribution in [0.15, 0.2) is 65.6 Å². The maximum Gasteiger partial charge on any atom is 0.417 e. The first kappa shape index (κ1) is 30.8. The number of hydrogen-bond donors (Lipinski definition) is 0. The van der Waals surface area contributed by atoms with E-state index in [4.69, 9.17) is 0 Å². The monoisotopic (exact) mass is 643 g/mol. The highest BCUT2D eigenvalue weighted by atomic mass is 32.2. The number of pyridine rings is 1. The molecule has 2 aliphatic carbocycles. The van der Waals surface area contributed by atoms with Crippen molar-refractivity contribution in [3.8, 4) is 5.69 Å². The van der Waals surface area contributed by atoms with Crippen molar-refractivity contribution in [1.29, 1.82) is 0 Å². The summed E-state index contributed by atoms with van der Waals surface area (Å²) in [5.74, 6) is -0.913. The molecule has 0 aliphatic heterocycles. The van der Waals surface area contributed by atoms with Gasteiger partial charge in [-0.3, -0.25) is 9.78 Å². The molecule has 0 radical (unpaired) electrons. The molecule has 0 amide bonds. The molecule has 0 saturated heterocycles. The number of aromatic nitrogens is 6. The molecule has 0 N–H and O–H groups in total. The van der Waals surface area contributed by atoms with E-state index in [9.17, 15) is 30.8 Å². The minimum Gasteiger partial charge on any atom is -0.291 e. The van der Waals surface area contributed by atoms with Crippen LogP contribution in [-0.4, -0.2) is 60.3 Å². The summed E-state index contributed by atoms with van der Waals surface area (Å²) in [6.07, 6.45) is 1.48. The van der Waals surface area contributed by atoms with E-state index < -0.39 is 50.9 Å². The minimum absolute atomic E-state index is 0.0548. The van der Waals surface area contributed by atoms with Crippen LogP contribution in [0.1, 0.15) is 60.4 Å². The van der Waals surface area contributed by atoms with Crippen LogP contribution >= 0.6 is 0 Å². The van der Waals surface area contributed by atoms with E-state index in [-0.39, 0.29) is 23.6 Å². The number of aryl methyl sites for hydroxylation is 1. The van der Waals surface area contributed by atoms with Crippen molar-refractivity contribution in [1.82, 2.24) is 34.1 Å². The second-order valence-electron chi connectivity index (χ2n) is 11.6. The smallest absolute Gasteiger partial charge is 0.291 e. The van der Waals surface area contributed by atoms with Gasteiger partial charge in [-0.2, -0.15) is 32.5 Å². The third-order valence-corrected chi connectivity index (χ3v) is 10.4. The number of Topliss-reactive ketones (excluding diaryl/α,β-unsaturated/α-hetero) is 1. The van der Waals surface area contributed by atoms with Crippen LogP contribution in [0.3, 0.4) is 0 Å². The summed E-state index contributed by atoms with van der Waals surface area (Å²) in [7, 11) is -2.62. The molecule has 6 rings (SSSR count). The molecular formula is C30H29F4N7O3S. The van der Waals surface area contributed by atoms with Crippen molar-refractivity contribution < 1.29 is 30.8 Å². The minimum atomic E-state index is -4.63. The first-order chi connectivity index (χ1) is 21.2. The number of halogens is 4. The number of allylic oxidation sites excluding steroid dienone is 1. The van der Waals surface area contributed by atoms with E-state index in [0.717, 1.165) is 16.9 Å². The zero-order valence-electron chi connectivity index (χ0n) is 24.5. The Balaban J connectivity index is 1.45. The zero-order valence-corrected chi connectivity index (χ0v) is 25.3. The summed E-state index contributed by atoms with van der Waals surface area (Å²) in [6.45, 7) is 3.47. The van der Waals surface area contributed by atoms with Gasteiger partial charge in [0.05, 0.1) is 34.8 Å². The lowest BCUT2D eigenvalue weighted by molar-refractivity contribution is -0.137. The number of hydrogen-bond acceptors (Lipinski definition) is 7. The van der Waals surface area contributed by atoms with Crippen molar-refractivity contribution in [2.45, 2.75) is 62.8 Å². The molecule has 236 valence electrons. The molecule has 2 aliphatic rings. The Morgan fingerprint density at radius 1 is 1.07 bits per heavy atom. The molecule has 10 nitrogen and oxygen atoms in total. The van der Waals surface area contributed by atoms with Crippen molar-refractivity contribution in [3.05, 3.63) is 88.9 Å². The van der Waals surface area contributed by atoms with Crippen LogP contribution in [0.4, 0.5) is 17.6 Å².